The maximum atomic E-state index is 11.6. The van der Waals surface area contributed by atoms with Gasteiger partial charge >= 0.3 is 5.69 Å². The first-order valence-electron chi connectivity index (χ1n) is 5.30. The summed E-state index contributed by atoms with van der Waals surface area (Å²) in [5.74, 6) is -0.365. The predicted octanol–water partition coefficient (Wildman–Crippen LogP) is 1.14. The molecule has 0 aliphatic heterocycles. The highest BCUT2D eigenvalue weighted by molar-refractivity contribution is 5.90. The van der Waals surface area contributed by atoms with Gasteiger partial charge in [0, 0.05) is 11.8 Å². The Morgan fingerprint density at radius 2 is 2.32 bits per heavy atom. The number of rotatable bonds is 4. The number of phenolic OH excluding ortho intramolecular Hbond substituents is 1. The number of aromatic hydroxyl groups is 1. The van der Waals surface area contributed by atoms with Crippen molar-refractivity contribution in [2.75, 3.05) is 5.32 Å². The van der Waals surface area contributed by atoms with Crippen LogP contribution in [0.5, 0.6) is 5.75 Å². The fourth-order valence-electron chi connectivity index (χ4n) is 1.46. The molecule has 0 spiro atoms. The van der Waals surface area contributed by atoms with Gasteiger partial charge in [-0.3, -0.25) is 19.6 Å². The maximum absolute atomic E-state index is 11.6. The lowest BCUT2D eigenvalue weighted by Gasteiger charge is -2.05. The number of benzene rings is 1. The van der Waals surface area contributed by atoms with E-state index in [2.05, 4.69) is 10.4 Å². The first kappa shape index (κ1) is 12.6. The largest absolute Gasteiger partial charge is 0.508 e. The van der Waals surface area contributed by atoms with Gasteiger partial charge in [-0.05, 0) is 12.1 Å². The van der Waals surface area contributed by atoms with Gasteiger partial charge in [-0.2, -0.15) is 5.10 Å². The van der Waals surface area contributed by atoms with Crippen molar-refractivity contribution >= 4 is 17.3 Å². The number of carbonyl (C=O) groups is 1. The SMILES string of the molecule is O=C(Cn1cc([N+](=O)[O-])cn1)Nc1cccc(O)c1. The summed E-state index contributed by atoms with van der Waals surface area (Å²) in [4.78, 5) is 21.5. The molecular weight excluding hydrogens is 252 g/mol. The molecule has 8 heteroatoms. The van der Waals surface area contributed by atoms with E-state index in [9.17, 15) is 20.0 Å². The zero-order valence-electron chi connectivity index (χ0n) is 9.68. The highest BCUT2D eigenvalue weighted by Crippen LogP contribution is 2.15. The summed E-state index contributed by atoms with van der Waals surface area (Å²) in [7, 11) is 0. The lowest BCUT2D eigenvalue weighted by atomic mass is 10.3. The van der Waals surface area contributed by atoms with Crippen LogP contribution in [0.1, 0.15) is 0 Å². The van der Waals surface area contributed by atoms with Crippen LogP contribution in [-0.4, -0.2) is 25.7 Å². The van der Waals surface area contributed by atoms with Crippen molar-refractivity contribution in [1.29, 1.82) is 0 Å². The second-order valence-electron chi connectivity index (χ2n) is 3.75. The van der Waals surface area contributed by atoms with E-state index in [1.165, 1.54) is 18.3 Å². The quantitative estimate of drug-likeness (QED) is 0.634. The van der Waals surface area contributed by atoms with Crippen molar-refractivity contribution in [3.63, 3.8) is 0 Å². The highest BCUT2D eigenvalue weighted by atomic mass is 16.6. The number of hydrogen-bond donors (Lipinski definition) is 2. The molecule has 8 nitrogen and oxygen atoms in total. The Bertz CT molecular complexity index is 623. The molecular formula is C11H10N4O4. The fraction of sp³-hybridized carbons (Fsp3) is 0.0909. The highest BCUT2D eigenvalue weighted by Gasteiger charge is 2.11. The molecule has 1 aromatic carbocycles. The molecule has 1 heterocycles. The van der Waals surface area contributed by atoms with Gasteiger partial charge in [0.15, 0.2) is 0 Å². The fourth-order valence-corrected chi connectivity index (χ4v) is 1.46. The Morgan fingerprint density at radius 3 is 2.95 bits per heavy atom. The van der Waals surface area contributed by atoms with Crippen LogP contribution in [0.3, 0.4) is 0 Å². The van der Waals surface area contributed by atoms with E-state index in [-0.39, 0.29) is 18.0 Å². The Kier molecular flexibility index (Phi) is 3.42. The third kappa shape index (κ3) is 3.28. The number of nitro groups is 1. The van der Waals surface area contributed by atoms with Crippen molar-refractivity contribution in [2.45, 2.75) is 6.54 Å². The molecule has 1 aromatic heterocycles. The van der Waals surface area contributed by atoms with Crippen LogP contribution in [0.25, 0.3) is 0 Å². The van der Waals surface area contributed by atoms with Gasteiger partial charge in [-0.25, -0.2) is 0 Å². The van der Waals surface area contributed by atoms with E-state index in [1.54, 1.807) is 12.1 Å². The predicted molar refractivity (Wildman–Crippen MR) is 65.6 cm³/mol. The van der Waals surface area contributed by atoms with Crippen molar-refractivity contribution in [1.82, 2.24) is 9.78 Å². The summed E-state index contributed by atoms with van der Waals surface area (Å²) in [6.45, 7) is -0.149. The molecule has 0 saturated carbocycles. The molecule has 2 aromatic rings. The van der Waals surface area contributed by atoms with Crippen LogP contribution in [0.2, 0.25) is 0 Å². The summed E-state index contributed by atoms with van der Waals surface area (Å²) in [6.07, 6.45) is 2.24. The average Bonchev–Trinajstić information content (AvgIpc) is 2.77. The lowest BCUT2D eigenvalue weighted by molar-refractivity contribution is -0.385. The zero-order chi connectivity index (χ0) is 13.8. The standard InChI is InChI=1S/C11H10N4O4/c16-10-3-1-2-8(4-10)13-11(17)7-14-6-9(5-12-14)15(18)19/h1-6,16H,7H2,(H,13,17). The first-order chi connectivity index (χ1) is 9.04. The number of amides is 1. The third-order valence-corrected chi connectivity index (χ3v) is 2.27. The molecule has 0 saturated heterocycles. The smallest absolute Gasteiger partial charge is 0.307 e. The molecule has 0 radical (unpaired) electrons. The first-order valence-corrected chi connectivity index (χ1v) is 5.30. The van der Waals surface area contributed by atoms with Crippen LogP contribution in [0.15, 0.2) is 36.7 Å². The number of hydrogen-bond acceptors (Lipinski definition) is 5. The summed E-state index contributed by atoms with van der Waals surface area (Å²) < 4.78 is 1.16. The minimum Gasteiger partial charge on any atom is -0.508 e. The molecule has 98 valence electrons. The number of aromatic nitrogens is 2. The van der Waals surface area contributed by atoms with Gasteiger partial charge in [0.25, 0.3) is 0 Å². The minimum atomic E-state index is -0.587. The summed E-state index contributed by atoms with van der Waals surface area (Å²) in [6, 6.07) is 6.07. The van der Waals surface area contributed by atoms with Crippen LogP contribution < -0.4 is 5.32 Å². The Balaban J connectivity index is 1.99. The summed E-state index contributed by atoms with van der Waals surface area (Å²) in [5, 5.41) is 25.9. The van der Waals surface area contributed by atoms with E-state index >= 15 is 0 Å². The van der Waals surface area contributed by atoms with Gasteiger partial charge in [0.2, 0.25) is 5.91 Å². The zero-order valence-corrected chi connectivity index (χ0v) is 9.68. The second-order valence-corrected chi connectivity index (χ2v) is 3.75. The molecule has 2 N–H and O–H groups in total. The summed E-state index contributed by atoms with van der Waals surface area (Å²) >= 11 is 0. The number of nitrogens with zero attached hydrogens (tertiary/aromatic N) is 3. The lowest BCUT2D eigenvalue weighted by Crippen LogP contribution is -2.18. The molecule has 2 rings (SSSR count). The van der Waals surface area contributed by atoms with E-state index in [1.807, 2.05) is 0 Å². The maximum Gasteiger partial charge on any atom is 0.307 e. The molecule has 0 atom stereocenters. The van der Waals surface area contributed by atoms with Gasteiger partial charge in [-0.1, -0.05) is 6.07 Å². The number of anilines is 1. The van der Waals surface area contributed by atoms with Gasteiger partial charge in [0.05, 0.1) is 4.92 Å². The van der Waals surface area contributed by atoms with Gasteiger partial charge in [-0.15, -0.1) is 0 Å². The van der Waals surface area contributed by atoms with Crippen LogP contribution >= 0.6 is 0 Å². The molecule has 0 bridgehead atoms. The Hall–Kier alpha value is -2.90. The average molecular weight is 262 g/mol. The van der Waals surface area contributed by atoms with Crippen molar-refractivity contribution < 1.29 is 14.8 Å². The summed E-state index contributed by atoms with van der Waals surface area (Å²) in [5.41, 5.74) is 0.261. The minimum absolute atomic E-state index is 0.0347. The molecule has 1 amide bonds. The van der Waals surface area contributed by atoms with Crippen LogP contribution in [-0.2, 0) is 11.3 Å². The molecule has 0 unspecified atom stereocenters. The molecule has 0 fully saturated rings. The number of phenols is 1. The number of nitrogens with one attached hydrogen (secondary N) is 1. The Morgan fingerprint density at radius 1 is 1.53 bits per heavy atom. The van der Waals surface area contributed by atoms with Crippen LogP contribution in [0.4, 0.5) is 11.4 Å². The van der Waals surface area contributed by atoms with E-state index in [4.69, 9.17) is 0 Å². The monoisotopic (exact) mass is 262 g/mol. The van der Waals surface area contributed by atoms with E-state index in [0.29, 0.717) is 5.69 Å². The Labute approximate surface area is 107 Å². The topological polar surface area (TPSA) is 110 Å². The van der Waals surface area contributed by atoms with Crippen molar-refractivity contribution in [3.8, 4) is 5.75 Å². The van der Waals surface area contributed by atoms with Gasteiger partial charge in [0.1, 0.15) is 24.7 Å². The number of carbonyl (C=O) groups excluding carboxylic acids is 1. The molecule has 19 heavy (non-hydrogen) atoms. The van der Waals surface area contributed by atoms with Gasteiger partial charge < -0.3 is 10.4 Å². The van der Waals surface area contributed by atoms with Crippen molar-refractivity contribution in [3.05, 3.63) is 46.8 Å². The second kappa shape index (κ2) is 5.17. The molecule has 0 aliphatic carbocycles. The van der Waals surface area contributed by atoms with E-state index in [0.717, 1.165) is 10.9 Å². The van der Waals surface area contributed by atoms with Crippen LogP contribution in [0, 0.1) is 10.1 Å². The third-order valence-electron chi connectivity index (χ3n) is 2.27. The molecule has 0 aliphatic rings. The normalized spacial score (nSPS) is 10.1. The van der Waals surface area contributed by atoms with Crippen molar-refractivity contribution in [2.24, 2.45) is 0 Å². The van der Waals surface area contributed by atoms with E-state index < -0.39 is 10.8 Å².